The zero-order chi connectivity index (χ0) is 20.7. The number of β-amino-alcohol motifs (C(OH)–C–C–N with tert-alkyl or cyclic N) is 1. The van der Waals surface area contributed by atoms with Crippen LogP contribution in [0, 0.1) is 16.7 Å². The van der Waals surface area contributed by atoms with Crippen molar-refractivity contribution >= 4 is 0 Å². The zero-order valence-electron chi connectivity index (χ0n) is 17.6. The highest BCUT2D eigenvalue weighted by Crippen LogP contribution is 2.32. The van der Waals surface area contributed by atoms with Gasteiger partial charge in [0.05, 0.1) is 31.8 Å². The van der Waals surface area contributed by atoms with E-state index in [0.29, 0.717) is 18.0 Å². The number of nitriles is 1. The minimum absolute atomic E-state index is 0.187. The van der Waals surface area contributed by atoms with Crippen LogP contribution >= 0.6 is 0 Å². The summed E-state index contributed by atoms with van der Waals surface area (Å²) < 4.78 is 16.7. The molecule has 0 aromatic heterocycles. The van der Waals surface area contributed by atoms with Crippen LogP contribution < -0.4 is 9.47 Å². The van der Waals surface area contributed by atoms with E-state index in [9.17, 15) is 10.4 Å². The van der Waals surface area contributed by atoms with Crippen molar-refractivity contribution in [2.75, 3.05) is 59.7 Å². The average molecular weight is 404 g/mol. The summed E-state index contributed by atoms with van der Waals surface area (Å²) >= 11 is 0. The molecule has 160 valence electrons. The van der Waals surface area contributed by atoms with Gasteiger partial charge in [-0.05, 0) is 50.6 Å². The zero-order valence-corrected chi connectivity index (χ0v) is 17.6. The highest BCUT2D eigenvalue weighted by molar-refractivity contribution is 5.43. The van der Waals surface area contributed by atoms with Gasteiger partial charge in [0.25, 0.3) is 0 Å². The van der Waals surface area contributed by atoms with E-state index < -0.39 is 6.10 Å². The van der Waals surface area contributed by atoms with Gasteiger partial charge >= 0.3 is 0 Å². The van der Waals surface area contributed by atoms with Crippen LogP contribution in [0.1, 0.15) is 25.3 Å². The molecule has 3 rings (SSSR count). The molecule has 0 saturated carbocycles. The number of ether oxygens (including phenoxy) is 3. The highest BCUT2D eigenvalue weighted by atomic mass is 16.5. The summed E-state index contributed by atoms with van der Waals surface area (Å²) in [5.74, 6) is 1.33. The second-order valence-electron chi connectivity index (χ2n) is 8.31. The van der Waals surface area contributed by atoms with Crippen LogP contribution in [0.15, 0.2) is 18.2 Å². The van der Waals surface area contributed by atoms with Crippen molar-refractivity contribution in [1.29, 1.82) is 5.26 Å². The number of methoxy groups -OCH3 is 1. The van der Waals surface area contributed by atoms with E-state index in [2.05, 4.69) is 15.9 Å². The third kappa shape index (κ3) is 6.31. The molecule has 7 heteroatoms. The van der Waals surface area contributed by atoms with Gasteiger partial charge in [-0.25, -0.2) is 0 Å². The Kier molecular flexibility index (Phi) is 7.73. The van der Waals surface area contributed by atoms with Crippen LogP contribution in [0.5, 0.6) is 11.5 Å². The predicted molar refractivity (Wildman–Crippen MR) is 110 cm³/mol. The summed E-state index contributed by atoms with van der Waals surface area (Å²) in [6, 6.07) is 8.41. The molecule has 0 radical (unpaired) electrons. The lowest BCUT2D eigenvalue weighted by Crippen LogP contribution is -2.42. The number of morpholine rings is 1. The maximum atomic E-state index is 10.3. The molecule has 7 nitrogen and oxygen atoms in total. The number of benzene rings is 1. The summed E-state index contributed by atoms with van der Waals surface area (Å²) in [5.41, 5.74) is 0.970. The van der Waals surface area contributed by atoms with Gasteiger partial charge in [0, 0.05) is 26.2 Å². The fourth-order valence-electron chi connectivity index (χ4n) is 3.82. The van der Waals surface area contributed by atoms with Gasteiger partial charge < -0.3 is 19.3 Å². The Morgan fingerprint density at radius 1 is 1.17 bits per heavy atom. The highest BCUT2D eigenvalue weighted by Gasteiger charge is 2.29. The van der Waals surface area contributed by atoms with Crippen molar-refractivity contribution in [3.05, 3.63) is 23.8 Å². The average Bonchev–Trinajstić information content (AvgIpc) is 2.75. The fourth-order valence-corrected chi connectivity index (χ4v) is 3.82. The number of piperidine rings is 1. The van der Waals surface area contributed by atoms with Gasteiger partial charge in [-0.15, -0.1) is 0 Å². The molecular weight excluding hydrogens is 370 g/mol. The van der Waals surface area contributed by atoms with Gasteiger partial charge in [0.15, 0.2) is 11.5 Å². The molecule has 1 aromatic rings. The number of aliphatic hydroxyl groups is 1. The number of rotatable bonds is 8. The molecule has 1 N–H and O–H groups in total. The summed E-state index contributed by atoms with van der Waals surface area (Å²) in [7, 11) is 1.63. The molecule has 2 heterocycles. The maximum absolute atomic E-state index is 10.3. The maximum Gasteiger partial charge on any atom is 0.161 e. The molecule has 1 aromatic carbocycles. The monoisotopic (exact) mass is 403 g/mol. The van der Waals surface area contributed by atoms with Gasteiger partial charge in [0.2, 0.25) is 0 Å². The predicted octanol–water partition coefficient (Wildman–Crippen LogP) is 1.89. The first-order valence-corrected chi connectivity index (χ1v) is 10.4. The summed E-state index contributed by atoms with van der Waals surface area (Å²) in [4.78, 5) is 4.56. The standard InChI is InChI=1S/C22H33N3O4/c1-22(17-23)5-7-24(8-6-22)14-18-3-4-20(21(13-18)27-2)29-16-19(26)15-25-9-11-28-12-10-25/h3-4,13,19,26H,5-12,14-16H2,1-2H3. The normalized spacial score (nSPS) is 21.3. The lowest BCUT2D eigenvalue weighted by Gasteiger charge is -2.35. The molecule has 1 unspecified atom stereocenters. The number of hydrogen-bond donors (Lipinski definition) is 1. The Bertz CT molecular complexity index is 692. The molecule has 0 aliphatic carbocycles. The molecule has 1 atom stereocenters. The number of hydrogen-bond acceptors (Lipinski definition) is 7. The lowest BCUT2D eigenvalue weighted by molar-refractivity contribution is 0.00445. The van der Waals surface area contributed by atoms with Crippen molar-refractivity contribution in [2.24, 2.45) is 5.41 Å². The Labute approximate surface area is 173 Å². The van der Waals surface area contributed by atoms with E-state index in [-0.39, 0.29) is 12.0 Å². The quantitative estimate of drug-likeness (QED) is 0.710. The Balaban J connectivity index is 1.50. The molecule has 2 fully saturated rings. The van der Waals surface area contributed by atoms with Gasteiger partial charge in [-0.2, -0.15) is 5.26 Å². The molecule has 0 spiro atoms. The van der Waals surface area contributed by atoms with Crippen LogP contribution in [0.4, 0.5) is 0 Å². The molecule has 0 amide bonds. The smallest absolute Gasteiger partial charge is 0.161 e. The largest absolute Gasteiger partial charge is 0.493 e. The second kappa shape index (κ2) is 10.3. The second-order valence-corrected chi connectivity index (χ2v) is 8.31. The molecule has 0 bridgehead atoms. The van der Waals surface area contributed by atoms with E-state index in [0.717, 1.165) is 64.3 Å². The van der Waals surface area contributed by atoms with Gasteiger partial charge in [-0.1, -0.05) is 6.07 Å². The topological polar surface area (TPSA) is 78.2 Å². The van der Waals surface area contributed by atoms with Crippen LogP contribution in [-0.2, 0) is 11.3 Å². The number of nitrogens with zero attached hydrogens (tertiary/aromatic N) is 3. The van der Waals surface area contributed by atoms with Crippen molar-refractivity contribution in [1.82, 2.24) is 9.80 Å². The van der Waals surface area contributed by atoms with E-state index >= 15 is 0 Å². The first kappa shape index (κ1) is 21.8. The Morgan fingerprint density at radius 3 is 2.55 bits per heavy atom. The van der Waals surface area contributed by atoms with Crippen LogP contribution in [-0.4, -0.2) is 80.7 Å². The third-order valence-corrected chi connectivity index (χ3v) is 5.87. The van der Waals surface area contributed by atoms with Gasteiger partial charge in [0.1, 0.15) is 12.7 Å². The fraction of sp³-hybridized carbons (Fsp3) is 0.682. The minimum atomic E-state index is -0.555. The molecule has 29 heavy (non-hydrogen) atoms. The van der Waals surface area contributed by atoms with Crippen molar-refractivity contribution < 1.29 is 19.3 Å². The van der Waals surface area contributed by atoms with Crippen molar-refractivity contribution in [3.8, 4) is 17.6 Å². The minimum Gasteiger partial charge on any atom is -0.493 e. The van der Waals surface area contributed by atoms with Crippen molar-refractivity contribution in [3.63, 3.8) is 0 Å². The van der Waals surface area contributed by atoms with Crippen LogP contribution in [0.25, 0.3) is 0 Å². The lowest BCUT2D eigenvalue weighted by atomic mass is 9.82. The Hall–Kier alpha value is -1.85. The Morgan fingerprint density at radius 2 is 1.90 bits per heavy atom. The summed E-state index contributed by atoms with van der Waals surface area (Å²) in [6.07, 6.45) is 1.26. The molecule has 2 aliphatic rings. The molecule has 2 saturated heterocycles. The van der Waals surface area contributed by atoms with E-state index in [4.69, 9.17) is 14.2 Å². The number of likely N-dealkylation sites (tertiary alicyclic amines) is 1. The van der Waals surface area contributed by atoms with Crippen molar-refractivity contribution in [2.45, 2.75) is 32.4 Å². The van der Waals surface area contributed by atoms with E-state index in [1.54, 1.807) is 7.11 Å². The van der Waals surface area contributed by atoms with Crippen LogP contribution in [0.2, 0.25) is 0 Å². The van der Waals surface area contributed by atoms with E-state index in [1.165, 1.54) is 0 Å². The number of aliphatic hydroxyl groups excluding tert-OH is 1. The first-order chi connectivity index (χ1) is 14.0. The van der Waals surface area contributed by atoms with Crippen LogP contribution in [0.3, 0.4) is 0 Å². The third-order valence-electron chi connectivity index (χ3n) is 5.87. The molecular formula is C22H33N3O4. The summed E-state index contributed by atoms with van der Waals surface area (Å²) in [6.45, 7) is 8.68. The summed E-state index contributed by atoms with van der Waals surface area (Å²) in [5, 5.41) is 19.6. The molecule has 2 aliphatic heterocycles. The van der Waals surface area contributed by atoms with Gasteiger partial charge in [-0.3, -0.25) is 9.80 Å². The first-order valence-electron chi connectivity index (χ1n) is 10.4. The van der Waals surface area contributed by atoms with E-state index in [1.807, 2.05) is 25.1 Å². The SMILES string of the molecule is COc1cc(CN2CCC(C)(C#N)CC2)ccc1OCC(O)CN1CCOCC1.